The highest BCUT2D eigenvalue weighted by atomic mass is 16.5. The van der Waals surface area contributed by atoms with Crippen LogP contribution in [0.3, 0.4) is 0 Å². The topological polar surface area (TPSA) is 46.5 Å². The van der Waals surface area contributed by atoms with Crippen LogP contribution in [-0.2, 0) is 15.6 Å². The number of phenolic OH excluding ortho intramolecular Hbond substituents is 1. The highest BCUT2D eigenvalue weighted by Gasteiger charge is 2.28. The molecule has 0 fully saturated rings. The van der Waals surface area contributed by atoms with Gasteiger partial charge in [-0.15, -0.1) is 0 Å². The molecule has 0 aliphatic rings. The van der Waals surface area contributed by atoms with E-state index in [9.17, 15) is 9.90 Å². The minimum atomic E-state index is -0.360. The van der Waals surface area contributed by atoms with Crippen LogP contribution in [-0.4, -0.2) is 11.1 Å². The largest absolute Gasteiger partial charge is 0.507 e. The number of aromatic hydroxyl groups is 1. The molecule has 0 amide bonds. The third-order valence-corrected chi connectivity index (χ3v) is 4.57. The number of benzene rings is 2. The molecule has 2 rings (SSSR count). The SMILES string of the molecule is CC(C(=O)Oc1cc(C(C)(C)C)c(O)c(C(C)(C)C)c1)c1ccccc1. The van der Waals surface area contributed by atoms with E-state index in [1.165, 1.54) is 0 Å². The lowest BCUT2D eigenvalue weighted by Crippen LogP contribution is -2.20. The van der Waals surface area contributed by atoms with Crippen molar-refractivity contribution in [2.75, 3.05) is 0 Å². The lowest BCUT2D eigenvalue weighted by molar-refractivity contribution is -0.135. The summed E-state index contributed by atoms with van der Waals surface area (Å²) in [5.41, 5.74) is 1.94. The normalized spacial score (nSPS) is 13.3. The predicted octanol–water partition coefficient (Wildman–Crippen LogP) is 5.70. The summed E-state index contributed by atoms with van der Waals surface area (Å²) in [5.74, 6) is 0.0918. The van der Waals surface area contributed by atoms with Crippen molar-refractivity contribution < 1.29 is 14.6 Å². The smallest absolute Gasteiger partial charge is 0.318 e. The molecule has 140 valence electrons. The Hall–Kier alpha value is -2.29. The molecule has 2 aromatic carbocycles. The summed E-state index contributed by atoms with van der Waals surface area (Å²) < 4.78 is 5.71. The number of hydrogen-bond donors (Lipinski definition) is 1. The fourth-order valence-electron chi connectivity index (χ4n) is 2.89. The van der Waals surface area contributed by atoms with Crippen LogP contribution in [0.5, 0.6) is 11.5 Å². The molecular weight excluding hydrogens is 324 g/mol. The maximum atomic E-state index is 12.6. The monoisotopic (exact) mass is 354 g/mol. The van der Waals surface area contributed by atoms with Gasteiger partial charge in [0.25, 0.3) is 0 Å². The quantitative estimate of drug-likeness (QED) is 0.568. The summed E-state index contributed by atoms with van der Waals surface area (Å²) >= 11 is 0. The highest BCUT2D eigenvalue weighted by molar-refractivity contribution is 5.80. The molecule has 0 aliphatic heterocycles. The molecule has 1 N–H and O–H groups in total. The molecule has 1 unspecified atom stereocenters. The Labute approximate surface area is 157 Å². The molecule has 0 spiro atoms. The number of ether oxygens (including phenoxy) is 1. The second-order valence-electron chi connectivity index (χ2n) is 8.92. The van der Waals surface area contributed by atoms with E-state index >= 15 is 0 Å². The van der Waals surface area contributed by atoms with Gasteiger partial charge in [-0.1, -0.05) is 71.9 Å². The van der Waals surface area contributed by atoms with Crippen LogP contribution in [0.1, 0.15) is 71.1 Å². The molecule has 0 radical (unpaired) electrons. The molecule has 0 saturated heterocycles. The van der Waals surface area contributed by atoms with Crippen LogP contribution in [0.15, 0.2) is 42.5 Å². The zero-order valence-corrected chi connectivity index (χ0v) is 16.9. The number of hydrogen-bond acceptors (Lipinski definition) is 3. The summed E-state index contributed by atoms with van der Waals surface area (Å²) in [6.07, 6.45) is 0. The van der Waals surface area contributed by atoms with E-state index in [1.54, 1.807) is 12.1 Å². The third kappa shape index (κ3) is 4.46. The Morgan fingerprint density at radius 3 is 1.81 bits per heavy atom. The molecule has 1 atom stereocenters. The van der Waals surface area contributed by atoms with Gasteiger partial charge in [-0.2, -0.15) is 0 Å². The van der Waals surface area contributed by atoms with Gasteiger partial charge in [-0.25, -0.2) is 0 Å². The Bertz CT molecular complexity index is 742. The Balaban J connectivity index is 2.42. The van der Waals surface area contributed by atoms with E-state index in [-0.39, 0.29) is 28.5 Å². The minimum absolute atomic E-state index is 0.266. The van der Waals surface area contributed by atoms with Gasteiger partial charge in [0.1, 0.15) is 11.5 Å². The molecule has 2 aromatic rings. The fraction of sp³-hybridized carbons (Fsp3) is 0.435. The lowest BCUT2D eigenvalue weighted by atomic mass is 9.79. The summed E-state index contributed by atoms with van der Waals surface area (Å²) in [5, 5.41) is 10.8. The Kier molecular flexibility index (Phi) is 5.50. The van der Waals surface area contributed by atoms with Gasteiger partial charge in [-0.05, 0) is 35.4 Å². The molecular formula is C23H30O3. The van der Waals surface area contributed by atoms with E-state index in [4.69, 9.17) is 4.74 Å². The first-order chi connectivity index (χ1) is 11.9. The highest BCUT2D eigenvalue weighted by Crippen LogP contribution is 2.41. The standard InChI is InChI=1S/C23H30O3/c1-15(16-11-9-8-10-12-16)21(25)26-17-13-18(22(2,3)4)20(24)19(14-17)23(5,6)7/h8-15,24H,1-7H3. The van der Waals surface area contributed by atoms with Gasteiger partial charge >= 0.3 is 5.97 Å². The van der Waals surface area contributed by atoms with Crippen molar-refractivity contribution >= 4 is 5.97 Å². The molecule has 0 bridgehead atoms. The van der Waals surface area contributed by atoms with Crippen molar-refractivity contribution in [3.05, 3.63) is 59.2 Å². The van der Waals surface area contributed by atoms with Crippen LogP contribution < -0.4 is 4.74 Å². The van der Waals surface area contributed by atoms with Gasteiger partial charge < -0.3 is 9.84 Å². The predicted molar refractivity (Wildman–Crippen MR) is 106 cm³/mol. The maximum absolute atomic E-state index is 12.6. The minimum Gasteiger partial charge on any atom is -0.507 e. The Morgan fingerprint density at radius 2 is 1.38 bits per heavy atom. The summed E-state index contributed by atoms with van der Waals surface area (Å²) in [4.78, 5) is 12.6. The van der Waals surface area contributed by atoms with Gasteiger partial charge in [0.05, 0.1) is 5.92 Å². The van der Waals surface area contributed by atoms with E-state index in [0.29, 0.717) is 5.75 Å². The molecule has 26 heavy (non-hydrogen) atoms. The second-order valence-corrected chi connectivity index (χ2v) is 8.92. The molecule has 0 aromatic heterocycles. The van der Waals surface area contributed by atoms with Crippen LogP contribution in [0, 0.1) is 0 Å². The Morgan fingerprint density at radius 1 is 0.923 bits per heavy atom. The van der Waals surface area contributed by atoms with Crippen molar-refractivity contribution in [1.29, 1.82) is 0 Å². The van der Waals surface area contributed by atoms with E-state index in [2.05, 4.69) is 0 Å². The third-order valence-electron chi connectivity index (χ3n) is 4.57. The fourth-order valence-corrected chi connectivity index (χ4v) is 2.89. The van der Waals surface area contributed by atoms with Gasteiger partial charge in [0.2, 0.25) is 0 Å². The lowest BCUT2D eigenvalue weighted by Gasteiger charge is -2.28. The van der Waals surface area contributed by atoms with Crippen LogP contribution in [0.4, 0.5) is 0 Å². The average Bonchev–Trinajstić information content (AvgIpc) is 2.54. The van der Waals surface area contributed by atoms with Crippen molar-refractivity contribution in [2.45, 2.75) is 65.2 Å². The van der Waals surface area contributed by atoms with Crippen LogP contribution >= 0.6 is 0 Å². The summed E-state index contributed by atoms with van der Waals surface area (Å²) in [6.45, 7) is 14.0. The maximum Gasteiger partial charge on any atom is 0.318 e. The van der Waals surface area contributed by atoms with Crippen molar-refractivity contribution in [3.63, 3.8) is 0 Å². The van der Waals surface area contributed by atoms with Crippen molar-refractivity contribution in [3.8, 4) is 11.5 Å². The number of esters is 1. The first-order valence-corrected chi connectivity index (χ1v) is 9.06. The number of carbonyl (C=O) groups is 1. The van der Waals surface area contributed by atoms with Crippen LogP contribution in [0.25, 0.3) is 0 Å². The van der Waals surface area contributed by atoms with Crippen molar-refractivity contribution in [1.82, 2.24) is 0 Å². The average molecular weight is 354 g/mol. The molecule has 0 heterocycles. The van der Waals surface area contributed by atoms with E-state index in [1.807, 2.05) is 78.8 Å². The van der Waals surface area contributed by atoms with Gasteiger partial charge in [-0.3, -0.25) is 4.79 Å². The summed E-state index contributed by atoms with van der Waals surface area (Å²) in [7, 11) is 0. The van der Waals surface area contributed by atoms with E-state index < -0.39 is 0 Å². The zero-order chi connectivity index (χ0) is 19.7. The zero-order valence-electron chi connectivity index (χ0n) is 16.9. The summed E-state index contributed by atoms with van der Waals surface area (Å²) in [6, 6.07) is 13.1. The van der Waals surface area contributed by atoms with Crippen LogP contribution in [0.2, 0.25) is 0 Å². The first kappa shape index (κ1) is 20.0. The van der Waals surface area contributed by atoms with Gasteiger partial charge in [0.15, 0.2) is 0 Å². The van der Waals surface area contributed by atoms with Gasteiger partial charge in [0, 0.05) is 11.1 Å². The second kappa shape index (κ2) is 7.14. The first-order valence-electron chi connectivity index (χ1n) is 9.06. The molecule has 3 nitrogen and oxygen atoms in total. The molecule has 0 saturated carbocycles. The van der Waals surface area contributed by atoms with E-state index in [0.717, 1.165) is 16.7 Å². The van der Waals surface area contributed by atoms with Crippen molar-refractivity contribution in [2.24, 2.45) is 0 Å². The number of carbonyl (C=O) groups excluding carboxylic acids is 1. The molecule has 3 heteroatoms. The molecule has 0 aliphatic carbocycles. The number of rotatable bonds is 3. The number of phenols is 1.